The second-order valence-corrected chi connectivity index (χ2v) is 5.14. The SMILES string of the molecule is Cc1cc(O)c([C@H]2OC(=O)c3ccccc32)c(=O)n1CCO. The highest BCUT2D eigenvalue weighted by Gasteiger charge is 2.35. The molecule has 6 heteroatoms. The molecule has 0 bridgehead atoms. The van der Waals surface area contributed by atoms with Gasteiger partial charge < -0.3 is 19.5 Å². The molecule has 0 fully saturated rings. The number of pyridine rings is 1. The van der Waals surface area contributed by atoms with Gasteiger partial charge in [-0.1, -0.05) is 18.2 Å². The first-order valence-corrected chi connectivity index (χ1v) is 6.88. The van der Waals surface area contributed by atoms with Gasteiger partial charge in [0.1, 0.15) is 11.3 Å². The van der Waals surface area contributed by atoms with Crippen LogP contribution in [-0.4, -0.2) is 27.4 Å². The molecule has 0 amide bonds. The summed E-state index contributed by atoms with van der Waals surface area (Å²) >= 11 is 0. The topological polar surface area (TPSA) is 88.8 Å². The predicted octanol–water partition coefficient (Wildman–Crippen LogP) is 1.11. The molecule has 0 saturated carbocycles. The Kier molecular flexibility index (Phi) is 3.46. The Morgan fingerprint density at radius 2 is 2.00 bits per heavy atom. The molecular weight excluding hydrogens is 286 g/mol. The van der Waals surface area contributed by atoms with E-state index in [-0.39, 0.29) is 24.5 Å². The highest BCUT2D eigenvalue weighted by atomic mass is 16.5. The number of benzene rings is 1. The molecule has 0 radical (unpaired) electrons. The average Bonchev–Trinajstić information content (AvgIpc) is 2.81. The largest absolute Gasteiger partial charge is 0.507 e. The van der Waals surface area contributed by atoms with Crippen LogP contribution in [0.25, 0.3) is 0 Å². The predicted molar refractivity (Wildman–Crippen MR) is 77.9 cm³/mol. The number of ether oxygens (including phenoxy) is 1. The van der Waals surface area contributed by atoms with E-state index in [2.05, 4.69) is 0 Å². The molecule has 3 rings (SSSR count). The molecule has 1 aromatic carbocycles. The van der Waals surface area contributed by atoms with Crippen LogP contribution in [0, 0.1) is 6.92 Å². The standard InChI is InChI=1S/C16H15NO5/c1-9-8-12(19)13(15(20)17(9)6-7-18)14-10-4-2-3-5-11(10)16(21)22-14/h2-5,8,14,18-19H,6-7H2,1H3/t14-/m0/s1. The number of rotatable bonds is 3. The Labute approximate surface area is 126 Å². The fourth-order valence-corrected chi connectivity index (χ4v) is 2.75. The zero-order chi connectivity index (χ0) is 15.9. The van der Waals surface area contributed by atoms with Crippen molar-refractivity contribution in [3.63, 3.8) is 0 Å². The van der Waals surface area contributed by atoms with Crippen LogP contribution < -0.4 is 5.56 Å². The number of cyclic esters (lactones) is 1. The number of aromatic nitrogens is 1. The third kappa shape index (κ3) is 2.08. The van der Waals surface area contributed by atoms with Gasteiger partial charge in [-0.15, -0.1) is 0 Å². The summed E-state index contributed by atoms with van der Waals surface area (Å²) in [6.45, 7) is 1.57. The first kappa shape index (κ1) is 14.3. The first-order chi connectivity index (χ1) is 10.5. The molecule has 114 valence electrons. The van der Waals surface area contributed by atoms with Crippen molar-refractivity contribution in [2.75, 3.05) is 6.61 Å². The van der Waals surface area contributed by atoms with Gasteiger partial charge in [-0.25, -0.2) is 4.79 Å². The number of aryl methyl sites for hydroxylation is 1. The number of carbonyl (C=O) groups excluding carboxylic acids is 1. The minimum absolute atomic E-state index is 0.0114. The summed E-state index contributed by atoms with van der Waals surface area (Å²) in [6.07, 6.45) is -0.929. The van der Waals surface area contributed by atoms with E-state index in [4.69, 9.17) is 9.84 Å². The summed E-state index contributed by atoms with van der Waals surface area (Å²) in [5.74, 6) is -0.736. The van der Waals surface area contributed by atoms with Crippen molar-refractivity contribution >= 4 is 5.97 Å². The smallest absolute Gasteiger partial charge is 0.339 e. The highest BCUT2D eigenvalue weighted by molar-refractivity contribution is 5.94. The van der Waals surface area contributed by atoms with Gasteiger partial charge in [0, 0.05) is 17.8 Å². The lowest BCUT2D eigenvalue weighted by atomic mass is 9.99. The van der Waals surface area contributed by atoms with E-state index in [9.17, 15) is 14.7 Å². The second-order valence-electron chi connectivity index (χ2n) is 5.14. The fourth-order valence-electron chi connectivity index (χ4n) is 2.75. The van der Waals surface area contributed by atoms with E-state index in [1.54, 1.807) is 31.2 Å². The van der Waals surface area contributed by atoms with Crippen molar-refractivity contribution in [1.82, 2.24) is 4.57 Å². The minimum Gasteiger partial charge on any atom is -0.507 e. The zero-order valence-electron chi connectivity index (χ0n) is 11.9. The van der Waals surface area contributed by atoms with Crippen LogP contribution in [0.3, 0.4) is 0 Å². The summed E-state index contributed by atoms with van der Waals surface area (Å²) in [6, 6.07) is 8.20. The number of fused-ring (bicyclic) bond motifs is 1. The maximum Gasteiger partial charge on any atom is 0.339 e. The van der Waals surface area contributed by atoms with Gasteiger partial charge >= 0.3 is 5.97 Å². The fraction of sp³-hybridized carbons (Fsp3) is 0.250. The van der Waals surface area contributed by atoms with Crippen LogP contribution in [0.5, 0.6) is 5.75 Å². The minimum atomic E-state index is -0.929. The van der Waals surface area contributed by atoms with E-state index >= 15 is 0 Å². The molecule has 2 N–H and O–H groups in total. The molecule has 0 unspecified atom stereocenters. The Hall–Kier alpha value is -2.60. The van der Waals surface area contributed by atoms with Crippen LogP contribution in [0.2, 0.25) is 0 Å². The van der Waals surface area contributed by atoms with Crippen LogP contribution in [-0.2, 0) is 11.3 Å². The van der Waals surface area contributed by atoms with Gasteiger partial charge in [0.15, 0.2) is 6.10 Å². The van der Waals surface area contributed by atoms with E-state index in [0.717, 1.165) is 0 Å². The lowest BCUT2D eigenvalue weighted by molar-refractivity contribution is 0.0449. The molecule has 0 aliphatic carbocycles. The summed E-state index contributed by atoms with van der Waals surface area (Å²) in [5.41, 5.74) is 1.01. The number of esters is 1. The molecule has 2 aromatic rings. The summed E-state index contributed by atoms with van der Waals surface area (Å²) in [7, 11) is 0. The second kappa shape index (κ2) is 5.31. The maximum absolute atomic E-state index is 12.6. The van der Waals surface area contributed by atoms with Crippen LogP contribution in [0.1, 0.15) is 33.3 Å². The third-order valence-electron chi connectivity index (χ3n) is 3.80. The van der Waals surface area contributed by atoms with Crippen molar-refractivity contribution in [2.24, 2.45) is 0 Å². The van der Waals surface area contributed by atoms with Gasteiger partial charge in [0.2, 0.25) is 0 Å². The van der Waals surface area contributed by atoms with E-state index in [1.165, 1.54) is 10.6 Å². The summed E-state index contributed by atoms with van der Waals surface area (Å²) in [4.78, 5) is 24.5. The van der Waals surface area contributed by atoms with Gasteiger partial charge in [0.05, 0.1) is 12.2 Å². The van der Waals surface area contributed by atoms with Crippen molar-refractivity contribution in [2.45, 2.75) is 19.6 Å². The number of hydrogen-bond acceptors (Lipinski definition) is 5. The number of aliphatic hydroxyl groups excluding tert-OH is 1. The Morgan fingerprint density at radius 1 is 1.27 bits per heavy atom. The van der Waals surface area contributed by atoms with Gasteiger partial charge in [-0.05, 0) is 19.1 Å². The number of hydrogen-bond donors (Lipinski definition) is 2. The van der Waals surface area contributed by atoms with E-state index in [0.29, 0.717) is 16.8 Å². The molecule has 1 atom stereocenters. The lowest BCUT2D eigenvalue weighted by Gasteiger charge is -2.16. The summed E-state index contributed by atoms with van der Waals surface area (Å²) in [5, 5.41) is 19.3. The number of carbonyl (C=O) groups is 1. The zero-order valence-corrected chi connectivity index (χ0v) is 11.9. The Morgan fingerprint density at radius 3 is 2.73 bits per heavy atom. The normalized spacial score (nSPS) is 16.5. The molecule has 1 aliphatic rings. The van der Waals surface area contributed by atoms with Crippen molar-refractivity contribution in [3.05, 3.63) is 63.1 Å². The van der Waals surface area contributed by atoms with Crippen LogP contribution in [0.4, 0.5) is 0 Å². The van der Waals surface area contributed by atoms with Crippen LogP contribution >= 0.6 is 0 Å². The molecule has 0 spiro atoms. The van der Waals surface area contributed by atoms with Crippen LogP contribution in [0.15, 0.2) is 35.1 Å². The molecule has 22 heavy (non-hydrogen) atoms. The van der Waals surface area contributed by atoms with Gasteiger partial charge in [-0.2, -0.15) is 0 Å². The number of aromatic hydroxyl groups is 1. The highest BCUT2D eigenvalue weighted by Crippen LogP contribution is 2.37. The monoisotopic (exact) mass is 301 g/mol. The molecule has 6 nitrogen and oxygen atoms in total. The Bertz CT molecular complexity index is 809. The molecule has 0 saturated heterocycles. The maximum atomic E-state index is 12.6. The molecule has 2 heterocycles. The number of nitrogens with zero attached hydrogens (tertiary/aromatic N) is 1. The third-order valence-corrected chi connectivity index (χ3v) is 3.80. The average molecular weight is 301 g/mol. The molecule has 1 aromatic heterocycles. The molecular formula is C16H15NO5. The van der Waals surface area contributed by atoms with E-state index < -0.39 is 17.6 Å². The quantitative estimate of drug-likeness (QED) is 0.829. The summed E-state index contributed by atoms with van der Waals surface area (Å²) < 4.78 is 6.63. The molecule has 1 aliphatic heterocycles. The van der Waals surface area contributed by atoms with Crippen molar-refractivity contribution < 1.29 is 19.7 Å². The Balaban J connectivity index is 2.20. The van der Waals surface area contributed by atoms with E-state index in [1.807, 2.05) is 0 Å². The van der Waals surface area contributed by atoms with Gasteiger partial charge in [-0.3, -0.25) is 4.79 Å². The first-order valence-electron chi connectivity index (χ1n) is 6.88. The van der Waals surface area contributed by atoms with Gasteiger partial charge in [0.25, 0.3) is 5.56 Å². The lowest BCUT2D eigenvalue weighted by Crippen LogP contribution is -2.28. The van der Waals surface area contributed by atoms with Crippen molar-refractivity contribution in [3.8, 4) is 5.75 Å². The number of aliphatic hydroxyl groups is 1. The van der Waals surface area contributed by atoms with Crippen molar-refractivity contribution in [1.29, 1.82) is 0 Å².